The number of rotatable bonds is 6. The van der Waals surface area contributed by atoms with E-state index in [4.69, 9.17) is 26.0 Å². The summed E-state index contributed by atoms with van der Waals surface area (Å²) in [6.07, 6.45) is 6.38. The number of halogens is 1. The molecule has 2 aromatic carbocycles. The zero-order valence-corrected chi connectivity index (χ0v) is 20.3. The zero-order chi connectivity index (χ0) is 23.2. The molecule has 1 fully saturated rings. The van der Waals surface area contributed by atoms with Crippen molar-refractivity contribution in [3.05, 3.63) is 59.4 Å². The second-order valence-electron chi connectivity index (χ2n) is 9.71. The number of nitrogens with one attached hydrogen (secondary N) is 1. The average molecular weight is 474 g/mol. The molecular weight excluding hydrogens is 446 g/mol. The summed E-state index contributed by atoms with van der Waals surface area (Å²) in [6.45, 7) is 8.70. The maximum Gasteiger partial charge on any atom is 0.228 e. The normalized spacial score (nSPS) is 14.8. The molecule has 1 aliphatic heterocycles. The van der Waals surface area contributed by atoms with Crippen LogP contribution < -0.4 is 0 Å². The minimum absolute atomic E-state index is 0.519. The molecule has 0 saturated carbocycles. The third kappa shape index (κ3) is 4.01. The first-order valence-corrected chi connectivity index (χ1v) is 12.4. The van der Waals surface area contributed by atoms with Crippen LogP contribution in [0.3, 0.4) is 0 Å². The Kier molecular flexibility index (Phi) is 5.42. The van der Waals surface area contributed by atoms with Crippen LogP contribution >= 0.6 is 11.6 Å². The van der Waals surface area contributed by atoms with Crippen LogP contribution in [0.2, 0.25) is 5.02 Å². The second kappa shape index (κ2) is 8.60. The molecule has 1 saturated heterocycles. The van der Waals surface area contributed by atoms with Crippen molar-refractivity contribution in [1.29, 1.82) is 0 Å². The van der Waals surface area contributed by atoms with E-state index in [-0.39, 0.29) is 0 Å². The van der Waals surface area contributed by atoms with E-state index in [1.54, 1.807) is 6.26 Å². The first kappa shape index (κ1) is 21.4. The monoisotopic (exact) mass is 473 g/mol. The lowest BCUT2D eigenvalue weighted by atomic mass is 10.2. The summed E-state index contributed by atoms with van der Waals surface area (Å²) in [4.78, 5) is 15.5. The van der Waals surface area contributed by atoms with Crippen molar-refractivity contribution >= 4 is 33.5 Å². The molecule has 7 heteroatoms. The number of oxazole rings is 1. The van der Waals surface area contributed by atoms with E-state index in [0.29, 0.717) is 28.3 Å². The zero-order valence-electron chi connectivity index (χ0n) is 19.5. The largest absolute Gasteiger partial charge is 0.444 e. The fourth-order valence-electron chi connectivity index (χ4n) is 4.97. The highest BCUT2D eigenvalue weighted by atomic mass is 35.5. The third-order valence-electron chi connectivity index (χ3n) is 6.53. The Balaban J connectivity index is 1.33. The number of aromatic amines is 1. The van der Waals surface area contributed by atoms with Gasteiger partial charge in [0.15, 0.2) is 5.82 Å². The topological polar surface area (TPSA) is 62.9 Å². The maximum atomic E-state index is 6.33. The Morgan fingerprint density at radius 1 is 1.09 bits per heavy atom. The van der Waals surface area contributed by atoms with E-state index < -0.39 is 0 Å². The Bertz CT molecular complexity index is 1470. The number of likely N-dealkylation sites (tertiary alicyclic amines) is 1. The molecule has 0 aliphatic carbocycles. The van der Waals surface area contributed by atoms with Gasteiger partial charge >= 0.3 is 0 Å². The van der Waals surface area contributed by atoms with Crippen molar-refractivity contribution in [2.24, 2.45) is 5.92 Å². The average Bonchev–Trinajstić information content (AvgIpc) is 3.59. The number of imidazole rings is 1. The predicted octanol–water partition coefficient (Wildman–Crippen LogP) is 6.74. The van der Waals surface area contributed by atoms with E-state index in [1.807, 2.05) is 12.1 Å². The van der Waals surface area contributed by atoms with Crippen LogP contribution in [0.4, 0.5) is 0 Å². The van der Waals surface area contributed by atoms with Crippen molar-refractivity contribution in [2.75, 3.05) is 13.1 Å². The van der Waals surface area contributed by atoms with E-state index in [9.17, 15) is 0 Å². The van der Waals surface area contributed by atoms with Gasteiger partial charge in [-0.3, -0.25) is 4.90 Å². The lowest BCUT2D eigenvalue weighted by Gasteiger charge is -2.14. The van der Waals surface area contributed by atoms with Gasteiger partial charge in [-0.25, -0.2) is 9.97 Å². The van der Waals surface area contributed by atoms with E-state index in [0.717, 1.165) is 40.6 Å². The maximum absolute atomic E-state index is 6.33. The predicted molar refractivity (Wildman–Crippen MR) is 137 cm³/mol. The van der Waals surface area contributed by atoms with E-state index in [2.05, 4.69) is 58.8 Å². The molecule has 1 aliphatic rings. The number of benzene rings is 2. The number of hydrogen-bond donors (Lipinski definition) is 1. The van der Waals surface area contributed by atoms with Gasteiger partial charge in [-0.1, -0.05) is 31.5 Å². The summed E-state index contributed by atoms with van der Waals surface area (Å²) in [5.41, 5.74) is 6.02. The van der Waals surface area contributed by atoms with E-state index in [1.165, 1.54) is 31.5 Å². The summed E-state index contributed by atoms with van der Waals surface area (Å²) in [5, 5.41) is 1.74. The van der Waals surface area contributed by atoms with Gasteiger partial charge in [0.1, 0.15) is 12.0 Å². The van der Waals surface area contributed by atoms with Crippen molar-refractivity contribution in [1.82, 2.24) is 24.4 Å². The number of aromatic nitrogens is 4. The van der Waals surface area contributed by atoms with Crippen LogP contribution in [-0.2, 0) is 13.1 Å². The SMILES string of the molecule is CC(C)Cn1cc(-c2nc(-c3nc4ccc(CN5CCCC5)cc4[nH]3)co2)c2cc(Cl)ccc21. The smallest absolute Gasteiger partial charge is 0.228 e. The van der Waals surface area contributed by atoms with Gasteiger partial charge in [-0.15, -0.1) is 0 Å². The number of fused-ring (bicyclic) bond motifs is 2. The van der Waals surface area contributed by atoms with Crippen LogP contribution in [0.5, 0.6) is 0 Å². The molecule has 0 bridgehead atoms. The van der Waals surface area contributed by atoms with Crippen molar-refractivity contribution in [3.8, 4) is 23.0 Å². The molecule has 34 heavy (non-hydrogen) atoms. The Morgan fingerprint density at radius 3 is 2.76 bits per heavy atom. The van der Waals surface area contributed by atoms with Crippen LogP contribution in [-0.4, -0.2) is 37.5 Å². The minimum Gasteiger partial charge on any atom is -0.444 e. The third-order valence-corrected chi connectivity index (χ3v) is 6.77. The van der Waals surface area contributed by atoms with Crippen LogP contribution in [0, 0.1) is 5.92 Å². The van der Waals surface area contributed by atoms with Gasteiger partial charge in [-0.2, -0.15) is 0 Å². The molecule has 0 amide bonds. The number of hydrogen-bond acceptors (Lipinski definition) is 4. The summed E-state index contributed by atoms with van der Waals surface area (Å²) < 4.78 is 8.19. The highest BCUT2D eigenvalue weighted by Gasteiger charge is 2.18. The molecule has 0 radical (unpaired) electrons. The fourth-order valence-corrected chi connectivity index (χ4v) is 5.14. The van der Waals surface area contributed by atoms with Crippen LogP contribution in [0.15, 0.2) is 53.3 Å². The molecule has 6 rings (SSSR count). The molecule has 6 nitrogen and oxygen atoms in total. The molecular formula is C27H28ClN5O. The molecule has 3 aromatic heterocycles. The lowest BCUT2D eigenvalue weighted by molar-refractivity contribution is 0.331. The Morgan fingerprint density at radius 2 is 1.94 bits per heavy atom. The summed E-state index contributed by atoms with van der Waals surface area (Å²) >= 11 is 6.33. The minimum atomic E-state index is 0.519. The standard InChI is InChI=1S/C27H28ClN5O/c1-17(2)13-33-15-21(20-12-19(28)6-8-25(20)33)27-31-24(16-34-27)26-29-22-7-5-18(11-23(22)30-26)14-32-9-3-4-10-32/h5-8,11-12,15-17H,3-4,9-10,13-14H2,1-2H3,(H,29,30). The number of nitrogens with zero attached hydrogens (tertiary/aromatic N) is 4. The van der Waals surface area contributed by atoms with Gasteiger partial charge in [0.25, 0.3) is 0 Å². The first-order valence-electron chi connectivity index (χ1n) is 12.0. The number of H-pyrrole nitrogens is 1. The molecule has 0 unspecified atom stereocenters. The Labute approximate surface area is 203 Å². The molecule has 4 heterocycles. The van der Waals surface area contributed by atoms with Gasteiger partial charge in [0, 0.05) is 35.2 Å². The summed E-state index contributed by atoms with van der Waals surface area (Å²) in [5.74, 6) is 1.80. The highest BCUT2D eigenvalue weighted by molar-refractivity contribution is 6.31. The molecule has 0 spiro atoms. The highest BCUT2D eigenvalue weighted by Crippen LogP contribution is 2.34. The second-order valence-corrected chi connectivity index (χ2v) is 10.1. The fraction of sp³-hybridized carbons (Fsp3) is 0.333. The van der Waals surface area contributed by atoms with Gasteiger partial charge in [0.05, 0.1) is 16.6 Å². The molecule has 5 aromatic rings. The van der Waals surface area contributed by atoms with Gasteiger partial charge in [-0.05, 0) is 67.7 Å². The van der Waals surface area contributed by atoms with Crippen molar-refractivity contribution in [3.63, 3.8) is 0 Å². The van der Waals surface area contributed by atoms with E-state index >= 15 is 0 Å². The Hall–Kier alpha value is -3.09. The lowest BCUT2D eigenvalue weighted by Crippen LogP contribution is -2.18. The molecule has 0 atom stereocenters. The first-order chi connectivity index (χ1) is 16.5. The molecule has 1 N–H and O–H groups in total. The summed E-state index contributed by atoms with van der Waals surface area (Å²) in [6, 6.07) is 12.4. The van der Waals surface area contributed by atoms with Crippen LogP contribution in [0.1, 0.15) is 32.3 Å². The summed E-state index contributed by atoms with van der Waals surface area (Å²) in [7, 11) is 0. The quantitative estimate of drug-likeness (QED) is 0.296. The van der Waals surface area contributed by atoms with Gasteiger partial charge in [0.2, 0.25) is 5.89 Å². The van der Waals surface area contributed by atoms with Gasteiger partial charge < -0.3 is 14.0 Å². The molecule has 174 valence electrons. The van der Waals surface area contributed by atoms with Crippen molar-refractivity contribution in [2.45, 2.75) is 39.8 Å². The van der Waals surface area contributed by atoms with Crippen LogP contribution in [0.25, 0.3) is 44.9 Å². The van der Waals surface area contributed by atoms with Crippen molar-refractivity contribution < 1.29 is 4.42 Å².